The first kappa shape index (κ1) is 10.2. The number of hydrogen-bond acceptors (Lipinski definition) is 1. The Hall–Kier alpha value is -1.28. The van der Waals surface area contributed by atoms with Crippen molar-refractivity contribution in [2.24, 2.45) is 0 Å². The van der Waals surface area contributed by atoms with E-state index in [4.69, 9.17) is 0 Å². The van der Waals surface area contributed by atoms with Gasteiger partial charge in [0.05, 0.1) is 0 Å². The van der Waals surface area contributed by atoms with Gasteiger partial charge in [0, 0.05) is 31.9 Å². The maximum Gasteiger partial charge on any atom is 0.0397 e. The summed E-state index contributed by atoms with van der Waals surface area (Å²) in [5.74, 6) is 0. The summed E-state index contributed by atoms with van der Waals surface area (Å²) < 4.78 is 0. The van der Waals surface area contributed by atoms with Gasteiger partial charge in [-0.3, -0.25) is 0 Å². The summed E-state index contributed by atoms with van der Waals surface area (Å²) in [5, 5.41) is 4.37. The minimum absolute atomic E-state index is 0.962. The van der Waals surface area contributed by atoms with E-state index in [0.29, 0.717) is 0 Å². The molecule has 1 fully saturated rings. The zero-order valence-electron chi connectivity index (χ0n) is 9.19. The first-order chi connectivity index (χ1) is 7.42. The molecule has 2 heteroatoms. The molecule has 15 heavy (non-hydrogen) atoms. The molecule has 0 aliphatic carbocycles. The number of nitrogens with zero attached hydrogens (tertiary/aromatic N) is 2. The number of rotatable bonds is 2. The molecule has 1 aliphatic heterocycles. The second kappa shape index (κ2) is 4.99. The third-order valence-electron chi connectivity index (χ3n) is 2.74. The highest BCUT2D eigenvalue weighted by molar-refractivity contribution is 5.63. The van der Waals surface area contributed by atoms with Gasteiger partial charge >= 0.3 is 0 Å². The van der Waals surface area contributed by atoms with Crippen LogP contribution >= 0.6 is 0 Å². The van der Waals surface area contributed by atoms with E-state index < -0.39 is 0 Å². The van der Waals surface area contributed by atoms with Gasteiger partial charge in [0.15, 0.2) is 0 Å². The van der Waals surface area contributed by atoms with Crippen LogP contribution in [0.15, 0.2) is 36.4 Å². The van der Waals surface area contributed by atoms with Crippen LogP contribution in [0.3, 0.4) is 0 Å². The molecule has 0 unspecified atom stereocenters. The van der Waals surface area contributed by atoms with Crippen molar-refractivity contribution in [3.05, 3.63) is 42.0 Å². The topological polar surface area (TPSA) is 17.3 Å². The lowest BCUT2D eigenvalue weighted by Gasteiger charge is -2.31. The second-order valence-corrected chi connectivity index (χ2v) is 3.70. The number of piperazine rings is 1. The fourth-order valence-electron chi connectivity index (χ4n) is 1.99. The van der Waals surface area contributed by atoms with Gasteiger partial charge in [-0.15, -0.1) is 0 Å². The zero-order chi connectivity index (χ0) is 10.5. The Kier molecular flexibility index (Phi) is 3.41. The number of benzene rings is 1. The number of hydrogen-bond donors (Lipinski definition) is 0. The van der Waals surface area contributed by atoms with Crippen LogP contribution in [0.4, 0.5) is 0 Å². The van der Waals surface area contributed by atoms with Gasteiger partial charge in [-0.2, -0.15) is 0 Å². The first-order valence-electron chi connectivity index (χ1n) is 5.52. The largest absolute Gasteiger partial charge is 0.369 e. The van der Waals surface area contributed by atoms with Crippen molar-refractivity contribution in [2.45, 2.75) is 6.92 Å². The first-order valence-corrected chi connectivity index (χ1v) is 5.52. The van der Waals surface area contributed by atoms with Crippen LogP contribution in [0.5, 0.6) is 0 Å². The average molecular weight is 201 g/mol. The van der Waals surface area contributed by atoms with Crippen LogP contribution in [-0.2, 0) is 0 Å². The molecule has 0 atom stereocenters. The van der Waals surface area contributed by atoms with E-state index in [1.807, 2.05) is 0 Å². The molecule has 1 aromatic rings. The summed E-state index contributed by atoms with van der Waals surface area (Å²) >= 11 is 0. The van der Waals surface area contributed by atoms with Crippen molar-refractivity contribution in [1.29, 1.82) is 0 Å². The Morgan fingerprint density at radius 2 is 1.87 bits per heavy atom. The second-order valence-electron chi connectivity index (χ2n) is 3.70. The van der Waals surface area contributed by atoms with Gasteiger partial charge in [0.1, 0.15) is 0 Å². The number of allylic oxidation sites excluding steroid dienone is 1. The van der Waals surface area contributed by atoms with Crippen molar-refractivity contribution in [2.75, 3.05) is 26.2 Å². The van der Waals surface area contributed by atoms with E-state index in [2.05, 4.69) is 53.5 Å². The lowest BCUT2D eigenvalue weighted by atomic mass is 10.1. The quantitative estimate of drug-likeness (QED) is 0.715. The highest BCUT2D eigenvalue weighted by atomic mass is 15.2. The summed E-state index contributed by atoms with van der Waals surface area (Å²) in [7, 11) is 0. The zero-order valence-corrected chi connectivity index (χ0v) is 9.19. The Labute approximate surface area is 91.6 Å². The van der Waals surface area contributed by atoms with E-state index in [1.54, 1.807) is 0 Å². The van der Waals surface area contributed by atoms with Gasteiger partial charge in [-0.05, 0) is 12.5 Å². The molecular weight excluding hydrogens is 184 g/mol. The third kappa shape index (κ3) is 2.39. The van der Waals surface area contributed by atoms with Crippen LogP contribution in [0.2, 0.25) is 0 Å². The summed E-state index contributed by atoms with van der Waals surface area (Å²) in [5.41, 5.74) is 2.65. The molecule has 79 valence electrons. The highest BCUT2D eigenvalue weighted by Crippen LogP contribution is 2.19. The molecule has 1 saturated heterocycles. The average Bonchev–Trinajstić information content (AvgIpc) is 2.33. The lowest BCUT2D eigenvalue weighted by Crippen LogP contribution is -2.38. The molecular formula is C13H17N2. The summed E-state index contributed by atoms with van der Waals surface area (Å²) in [4.78, 5) is 2.42. The minimum Gasteiger partial charge on any atom is -0.369 e. The fourth-order valence-corrected chi connectivity index (χ4v) is 1.99. The van der Waals surface area contributed by atoms with Crippen LogP contribution in [-0.4, -0.2) is 31.1 Å². The Bertz CT molecular complexity index is 324. The molecule has 1 aliphatic rings. The van der Waals surface area contributed by atoms with Crippen LogP contribution in [0.25, 0.3) is 5.70 Å². The monoisotopic (exact) mass is 201 g/mol. The maximum atomic E-state index is 4.37. The van der Waals surface area contributed by atoms with Gasteiger partial charge in [0.2, 0.25) is 0 Å². The van der Waals surface area contributed by atoms with E-state index in [9.17, 15) is 0 Å². The van der Waals surface area contributed by atoms with Gasteiger partial charge in [-0.1, -0.05) is 36.4 Å². The Morgan fingerprint density at radius 1 is 1.20 bits per heavy atom. The predicted octanol–water partition coefficient (Wildman–Crippen LogP) is 1.97. The van der Waals surface area contributed by atoms with Crippen molar-refractivity contribution in [3.63, 3.8) is 0 Å². The van der Waals surface area contributed by atoms with E-state index >= 15 is 0 Å². The normalized spacial score (nSPS) is 17.9. The van der Waals surface area contributed by atoms with Crippen LogP contribution in [0, 0.1) is 0 Å². The van der Waals surface area contributed by atoms with Crippen molar-refractivity contribution >= 4 is 5.70 Å². The third-order valence-corrected chi connectivity index (χ3v) is 2.74. The van der Waals surface area contributed by atoms with E-state index in [0.717, 1.165) is 26.2 Å². The molecule has 1 radical (unpaired) electrons. The molecule has 0 amide bonds. The molecule has 0 aromatic heterocycles. The van der Waals surface area contributed by atoms with Crippen molar-refractivity contribution in [1.82, 2.24) is 10.2 Å². The summed E-state index contributed by atoms with van der Waals surface area (Å²) in [6.07, 6.45) is 2.20. The molecule has 0 bridgehead atoms. The maximum absolute atomic E-state index is 4.37. The van der Waals surface area contributed by atoms with Crippen LogP contribution < -0.4 is 5.32 Å². The summed E-state index contributed by atoms with van der Waals surface area (Å²) in [6.45, 7) is 6.13. The van der Waals surface area contributed by atoms with Crippen molar-refractivity contribution < 1.29 is 0 Å². The standard InChI is InChI=1S/C13H17N2/c1-2-13(12-6-4-3-5-7-12)15-10-8-14-9-11-15/h2-7H,8-11H2,1H3/b13-2-. The fraction of sp³-hybridized carbons (Fsp3) is 0.385. The Balaban J connectivity index is 2.17. The van der Waals surface area contributed by atoms with Crippen LogP contribution in [0.1, 0.15) is 12.5 Å². The molecule has 2 nitrogen and oxygen atoms in total. The van der Waals surface area contributed by atoms with Crippen molar-refractivity contribution in [3.8, 4) is 0 Å². The van der Waals surface area contributed by atoms with E-state index in [-0.39, 0.29) is 0 Å². The smallest absolute Gasteiger partial charge is 0.0397 e. The SMILES string of the molecule is C/C=C(/c1ccccc1)N1CC[N]CC1. The predicted molar refractivity (Wildman–Crippen MR) is 63.5 cm³/mol. The molecule has 2 rings (SSSR count). The molecule has 0 spiro atoms. The summed E-state index contributed by atoms with van der Waals surface area (Å²) in [6, 6.07) is 10.6. The Morgan fingerprint density at radius 3 is 2.47 bits per heavy atom. The van der Waals surface area contributed by atoms with Gasteiger partial charge < -0.3 is 4.90 Å². The minimum atomic E-state index is 0.962. The molecule has 0 N–H and O–H groups in total. The highest BCUT2D eigenvalue weighted by Gasteiger charge is 2.13. The van der Waals surface area contributed by atoms with Gasteiger partial charge in [0.25, 0.3) is 0 Å². The lowest BCUT2D eigenvalue weighted by molar-refractivity contribution is 0.336. The molecule has 1 aromatic carbocycles. The molecule has 1 heterocycles. The molecule has 0 saturated carbocycles. The van der Waals surface area contributed by atoms with Gasteiger partial charge in [-0.25, -0.2) is 5.32 Å². The van der Waals surface area contributed by atoms with E-state index in [1.165, 1.54) is 11.3 Å².